The molecule has 0 heterocycles. The van der Waals surface area contributed by atoms with Crippen molar-refractivity contribution in [3.63, 3.8) is 0 Å². The van der Waals surface area contributed by atoms with Gasteiger partial charge in [-0.05, 0) is 42.8 Å². The zero-order valence-corrected chi connectivity index (χ0v) is 13.4. The summed E-state index contributed by atoms with van der Waals surface area (Å²) < 4.78 is 23.1. The number of hydrogen-bond acceptors (Lipinski definition) is 4. The Kier molecular flexibility index (Phi) is 5.89. The summed E-state index contributed by atoms with van der Waals surface area (Å²) in [4.78, 5) is 23.6. The highest BCUT2D eigenvalue weighted by atomic mass is 19.1. The molecule has 6 heteroatoms. The van der Waals surface area contributed by atoms with Crippen LogP contribution in [0.5, 0.6) is 5.75 Å². The van der Waals surface area contributed by atoms with E-state index >= 15 is 0 Å². The first-order chi connectivity index (χ1) is 11.5. The van der Waals surface area contributed by atoms with E-state index in [0.29, 0.717) is 5.75 Å². The number of rotatable bonds is 6. The van der Waals surface area contributed by atoms with Gasteiger partial charge in [-0.3, -0.25) is 4.79 Å². The van der Waals surface area contributed by atoms with E-state index < -0.39 is 24.3 Å². The summed E-state index contributed by atoms with van der Waals surface area (Å²) in [5.41, 5.74) is 0.919. The highest BCUT2D eigenvalue weighted by Gasteiger charge is 2.14. The molecule has 1 amide bonds. The van der Waals surface area contributed by atoms with Crippen LogP contribution in [0.25, 0.3) is 0 Å². The first-order valence-corrected chi connectivity index (χ1v) is 7.35. The van der Waals surface area contributed by atoms with Gasteiger partial charge in [-0.15, -0.1) is 0 Å². The molecule has 1 N–H and O–H groups in total. The average molecular weight is 331 g/mol. The van der Waals surface area contributed by atoms with E-state index in [-0.39, 0.29) is 11.6 Å². The number of carbonyl (C=O) groups excluding carboxylic acids is 2. The summed E-state index contributed by atoms with van der Waals surface area (Å²) in [6.45, 7) is 1.37. The fourth-order valence-electron chi connectivity index (χ4n) is 2.11. The molecule has 0 saturated carbocycles. The van der Waals surface area contributed by atoms with Crippen molar-refractivity contribution in [2.45, 2.75) is 13.0 Å². The molecule has 5 nitrogen and oxygen atoms in total. The number of amides is 1. The molecule has 0 aliphatic rings. The van der Waals surface area contributed by atoms with Crippen molar-refractivity contribution in [3.8, 4) is 5.75 Å². The van der Waals surface area contributed by atoms with Crippen LogP contribution in [0.1, 0.15) is 28.9 Å². The molecular formula is C18H18FNO4. The molecule has 0 radical (unpaired) electrons. The maximum Gasteiger partial charge on any atom is 0.338 e. The molecule has 2 rings (SSSR count). The van der Waals surface area contributed by atoms with Gasteiger partial charge in [-0.1, -0.05) is 18.2 Å². The predicted molar refractivity (Wildman–Crippen MR) is 86.2 cm³/mol. The molecule has 0 aliphatic heterocycles. The van der Waals surface area contributed by atoms with Crippen molar-refractivity contribution < 1.29 is 23.5 Å². The van der Waals surface area contributed by atoms with E-state index in [1.807, 2.05) is 18.2 Å². The molecule has 0 fully saturated rings. The summed E-state index contributed by atoms with van der Waals surface area (Å²) in [6, 6.07) is 12.1. The van der Waals surface area contributed by atoms with Crippen molar-refractivity contribution in [2.24, 2.45) is 0 Å². The fraction of sp³-hybridized carbons (Fsp3) is 0.222. The van der Waals surface area contributed by atoms with Crippen molar-refractivity contribution in [1.29, 1.82) is 0 Å². The van der Waals surface area contributed by atoms with Crippen LogP contribution in [0.15, 0.2) is 48.5 Å². The third kappa shape index (κ3) is 4.81. The average Bonchev–Trinajstić information content (AvgIpc) is 2.59. The van der Waals surface area contributed by atoms with Gasteiger partial charge in [0.25, 0.3) is 5.91 Å². The van der Waals surface area contributed by atoms with Crippen molar-refractivity contribution in [2.75, 3.05) is 13.7 Å². The van der Waals surface area contributed by atoms with Crippen LogP contribution in [0, 0.1) is 5.82 Å². The molecule has 1 unspecified atom stereocenters. The monoisotopic (exact) mass is 331 g/mol. The predicted octanol–water partition coefficient (Wildman–Crippen LogP) is 2.87. The summed E-state index contributed by atoms with van der Waals surface area (Å²) in [7, 11) is 1.56. The van der Waals surface area contributed by atoms with Gasteiger partial charge in [-0.25, -0.2) is 9.18 Å². The van der Waals surface area contributed by atoms with Crippen LogP contribution in [-0.2, 0) is 9.53 Å². The van der Waals surface area contributed by atoms with E-state index in [9.17, 15) is 14.0 Å². The lowest BCUT2D eigenvalue weighted by Crippen LogP contribution is -2.31. The summed E-state index contributed by atoms with van der Waals surface area (Å²) >= 11 is 0. The van der Waals surface area contributed by atoms with Crippen LogP contribution < -0.4 is 10.1 Å². The number of esters is 1. The number of benzene rings is 2. The first-order valence-electron chi connectivity index (χ1n) is 7.35. The number of ether oxygens (including phenoxy) is 2. The van der Waals surface area contributed by atoms with Gasteiger partial charge < -0.3 is 14.8 Å². The molecule has 2 aromatic rings. The Morgan fingerprint density at radius 2 is 1.92 bits per heavy atom. The Hall–Kier alpha value is -2.89. The van der Waals surface area contributed by atoms with E-state index in [2.05, 4.69) is 5.32 Å². The number of carbonyl (C=O) groups is 2. The van der Waals surface area contributed by atoms with Crippen molar-refractivity contribution >= 4 is 11.9 Å². The maximum atomic E-state index is 13.1. The van der Waals surface area contributed by atoms with Gasteiger partial charge in [0.05, 0.1) is 18.7 Å². The third-order valence-electron chi connectivity index (χ3n) is 3.37. The summed E-state index contributed by atoms with van der Waals surface area (Å²) in [5, 5.41) is 2.72. The van der Waals surface area contributed by atoms with E-state index in [1.165, 1.54) is 18.2 Å². The SMILES string of the molecule is COc1cccc(C(C)NC(=O)COC(=O)c2cccc(F)c2)c1. The molecule has 24 heavy (non-hydrogen) atoms. The van der Waals surface area contributed by atoms with Crippen LogP contribution in [0.3, 0.4) is 0 Å². The number of hydrogen-bond donors (Lipinski definition) is 1. The second-order valence-electron chi connectivity index (χ2n) is 5.15. The van der Waals surface area contributed by atoms with E-state index in [1.54, 1.807) is 20.1 Å². The van der Waals surface area contributed by atoms with Crippen molar-refractivity contribution in [3.05, 3.63) is 65.5 Å². The third-order valence-corrected chi connectivity index (χ3v) is 3.37. The molecule has 0 aromatic heterocycles. The smallest absolute Gasteiger partial charge is 0.338 e. The van der Waals surface area contributed by atoms with Crippen molar-refractivity contribution in [1.82, 2.24) is 5.32 Å². The minimum absolute atomic E-state index is 0.0589. The Labute approximate surface area is 139 Å². The number of nitrogens with one attached hydrogen (secondary N) is 1. The first kappa shape index (κ1) is 17.5. The molecule has 0 saturated heterocycles. The van der Waals surface area contributed by atoms with Gasteiger partial charge >= 0.3 is 5.97 Å². The second-order valence-corrected chi connectivity index (χ2v) is 5.15. The molecule has 0 bridgehead atoms. The van der Waals surface area contributed by atoms with Gasteiger partial charge in [0, 0.05) is 0 Å². The molecule has 0 spiro atoms. The zero-order chi connectivity index (χ0) is 17.5. The molecule has 0 aliphatic carbocycles. The summed E-state index contributed by atoms with van der Waals surface area (Å²) in [6.07, 6.45) is 0. The second kappa shape index (κ2) is 8.10. The Morgan fingerprint density at radius 3 is 2.62 bits per heavy atom. The van der Waals surface area contributed by atoms with Crippen LogP contribution >= 0.6 is 0 Å². The minimum Gasteiger partial charge on any atom is -0.497 e. The minimum atomic E-state index is -0.751. The Bertz CT molecular complexity index is 732. The van der Waals surface area contributed by atoms with Crippen LogP contribution in [0.2, 0.25) is 0 Å². The highest BCUT2D eigenvalue weighted by molar-refractivity contribution is 5.91. The highest BCUT2D eigenvalue weighted by Crippen LogP contribution is 2.18. The Balaban J connectivity index is 1.87. The fourth-order valence-corrected chi connectivity index (χ4v) is 2.11. The van der Waals surface area contributed by atoms with Gasteiger partial charge in [0.15, 0.2) is 6.61 Å². The number of methoxy groups -OCH3 is 1. The van der Waals surface area contributed by atoms with E-state index in [4.69, 9.17) is 9.47 Å². The van der Waals surface area contributed by atoms with E-state index in [0.717, 1.165) is 11.6 Å². The molecular weight excluding hydrogens is 313 g/mol. The number of halogens is 1. The van der Waals surface area contributed by atoms with Gasteiger partial charge in [0.2, 0.25) is 0 Å². The lowest BCUT2D eigenvalue weighted by molar-refractivity contribution is -0.124. The molecule has 2 aromatic carbocycles. The van der Waals surface area contributed by atoms with Crippen LogP contribution in [-0.4, -0.2) is 25.6 Å². The topological polar surface area (TPSA) is 64.6 Å². The lowest BCUT2D eigenvalue weighted by Gasteiger charge is -2.15. The molecule has 126 valence electrons. The largest absolute Gasteiger partial charge is 0.497 e. The van der Waals surface area contributed by atoms with Gasteiger partial charge in [0.1, 0.15) is 11.6 Å². The lowest BCUT2D eigenvalue weighted by atomic mass is 10.1. The normalized spacial score (nSPS) is 11.5. The molecule has 1 atom stereocenters. The zero-order valence-electron chi connectivity index (χ0n) is 13.4. The summed E-state index contributed by atoms with van der Waals surface area (Å²) in [5.74, 6) is -1.06. The van der Waals surface area contributed by atoms with Gasteiger partial charge in [-0.2, -0.15) is 0 Å². The Morgan fingerprint density at radius 1 is 1.17 bits per heavy atom. The maximum absolute atomic E-state index is 13.1. The standard InChI is InChI=1S/C18H18FNO4/c1-12(13-5-4-8-16(10-13)23-2)20-17(21)11-24-18(22)14-6-3-7-15(19)9-14/h3-10,12H,11H2,1-2H3,(H,20,21). The van der Waals surface area contributed by atoms with Crippen LogP contribution in [0.4, 0.5) is 4.39 Å². The quantitative estimate of drug-likeness (QED) is 0.827.